The van der Waals surface area contributed by atoms with Gasteiger partial charge in [0.25, 0.3) is 5.69 Å². The predicted octanol–water partition coefficient (Wildman–Crippen LogP) is 1.24. The van der Waals surface area contributed by atoms with Gasteiger partial charge in [-0.25, -0.2) is 8.42 Å². The van der Waals surface area contributed by atoms with Gasteiger partial charge >= 0.3 is 0 Å². The highest BCUT2D eigenvalue weighted by Gasteiger charge is 2.31. The number of hydrogen-bond donors (Lipinski definition) is 0. The van der Waals surface area contributed by atoms with E-state index in [9.17, 15) is 18.5 Å². The third-order valence-electron chi connectivity index (χ3n) is 4.47. The van der Waals surface area contributed by atoms with Gasteiger partial charge < -0.3 is 4.90 Å². The summed E-state index contributed by atoms with van der Waals surface area (Å²) < 4.78 is 26.9. The van der Waals surface area contributed by atoms with Crippen LogP contribution in [-0.2, 0) is 10.0 Å². The Morgan fingerprint density at radius 3 is 2.28 bits per heavy atom. The van der Waals surface area contributed by atoms with Gasteiger partial charge in [0, 0.05) is 51.6 Å². The fourth-order valence-electron chi connectivity index (χ4n) is 3.05. The monoisotopic (exact) mass is 364 g/mol. The summed E-state index contributed by atoms with van der Waals surface area (Å²) in [6.45, 7) is 2.03. The maximum atomic E-state index is 12.7. The largest absolute Gasteiger partial charge is 0.362 e. The van der Waals surface area contributed by atoms with E-state index in [0.717, 1.165) is 0 Å². The molecule has 2 heterocycles. The normalized spacial score (nSPS) is 22.3. The van der Waals surface area contributed by atoms with E-state index >= 15 is 0 Å². The van der Waals surface area contributed by atoms with Crippen molar-refractivity contribution in [1.82, 2.24) is 14.1 Å². The molecule has 0 aromatic heterocycles. The second kappa shape index (κ2) is 6.95. The molecule has 8 nitrogen and oxygen atoms in total. The van der Waals surface area contributed by atoms with Crippen molar-refractivity contribution >= 4 is 15.7 Å². The second-order valence-electron chi connectivity index (χ2n) is 6.00. The Bertz CT molecular complexity index is 796. The van der Waals surface area contributed by atoms with Crippen molar-refractivity contribution in [3.8, 4) is 0 Å². The summed E-state index contributed by atoms with van der Waals surface area (Å²) in [4.78, 5) is 14.6. The van der Waals surface area contributed by atoms with Gasteiger partial charge in [0.2, 0.25) is 10.0 Å². The molecule has 0 radical (unpaired) electrons. The van der Waals surface area contributed by atoms with E-state index in [1.54, 1.807) is 0 Å². The summed E-state index contributed by atoms with van der Waals surface area (Å²) in [5.41, 5.74) is -0.121. The number of sulfonamides is 1. The lowest BCUT2D eigenvalue weighted by atomic mass is 10.2. The highest BCUT2D eigenvalue weighted by Crippen LogP contribution is 2.22. The number of allylic oxidation sites excluding steroid dienone is 2. The van der Waals surface area contributed by atoms with Crippen molar-refractivity contribution in [2.24, 2.45) is 0 Å². The zero-order valence-electron chi connectivity index (χ0n) is 13.9. The molecule has 3 rings (SSSR count). The smallest absolute Gasteiger partial charge is 0.269 e. The first-order valence-electron chi connectivity index (χ1n) is 7.95. The first kappa shape index (κ1) is 17.6. The third-order valence-corrected chi connectivity index (χ3v) is 6.38. The van der Waals surface area contributed by atoms with Crippen molar-refractivity contribution in [2.75, 3.05) is 33.2 Å². The summed E-state index contributed by atoms with van der Waals surface area (Å²) in [6.07, 6.45) is 8.16. The lowest BCUT2D eigenvalue weighted by Crippen LogP contribution is -2.54. The molecule has 0 aliphatic carbocycles. The van der Waals surface area contributed by atoms with Crippen LogP contribution in [0.4, 0.5) is 5.69 Å². The Balaban J connectivity index is 1.68. The Hall–Kier alpha value is -2.23. The summed E-state index contributed by atoms with van der Waals surface area (Å²) >= 11 is 0. The SMILES string of the molecule is CN1C=CC=CC1N1CCN(S(=O)(=O)c2ccc([N+](=O)[O-])cc2)CC1. The molecule has 1 aromatic carbocycles. The minimum Gasteiger partial charge on any atom is -0.362 e. The minimum atomic E-state index is -3.63. The second-order valence-corrected chi connectivity index (χ2v) is 7.93. The van der Waals surface area contributed by atoms with Gasteiger partial charge in [-0.1, -0.05) is 6.08 Å². The van der Waals surface area contributed by atoms with E-state index in [2.05, 4.69) is 15.9 Å². The average Bonchev–Trinajstić information content (AvgIpc) is 2.62. The van der Waals surface area contributed by atoms with Crippen molar-refractivity contribution in [3.05, 3.63) is 58.8 Å². The van der Waals surface area contributed by atoms with Gasteiger partial charge in [-0.3, -0.25) is 15.0 Å². The van der Waals surface area contributed by atoms with Crippen LogP contribution in [0.25, 0.3) is 0 Å². The zero-order valence-corrected chi connectivity index (χ0v) is 14.7. The molecule has 1 aromatic rings. The van der Waals surface area contributed by atoms with Crippen LogP contribution >= 0.6 is 0 Å². The number of non-ortho nitro benzene ring substituents is 1. The molecule has 2 aliphatic rings. The van der Waals surface area contributed by atoms with Crippen LogP contribution in [0, 0.1) is 10.1 Å². The van der Waals surface area contributed by atoms with Gasteiger partial charge in [0.05, 0.1) is 9.82 Å². The molecule has 134 valence electrons. The summed E-state index contributed by atoms with van der Waals surface area (Å²) in [6, 6.07) is 5.03. The van der Waals surface area contributed by atoms with Crippen molar-refractivity contribution in [1.29, 1.82) is 0 Å². The van der Waals surface area contributed by atoms with Crippen molar-refractivity contribution < 1.29 is 13.3 Å². The number of hydrogen-bond acceptors (Lipinski definition) is 6. The fraction of sp³-hybridized carbons (Fsp3) is 0.375. The molecule has 1 fully saturated rings. The molecule has 2 aliphatic heterocycles. The molecule has 0 saturated carbocycles. The third kappa shape index (κ3) is 3.58. The maximum Gasteiger partial charge on any atom is 0.269 e. The van der Waals surface area contributed by atoms with E-state index in [1.807, 2.05) is 25.4 Å². The van der Waals surface area contributed by atoms with Crippen LogP contribution in [0.5, 0.6) is 0 Å². The molecule has 0 bridgehead atoms. The van der Waals surface area contributed by atoms with Crippen LogP contribution < -0.4 is 0 Å². The van der Waals surface area contributed by atoms with Gasteiger partial charge in [0.15, 0.2) is 0 Å². The number of benzene rings is 1. The Morgan fingerprint density at radius 2 is 1.72 bits per heavy atom. The molecule has 0 amide bonds. The molecule has 1 unspecified atom stereocenters. The Kier molecular flexibility index (Phi) is 4.89. The lowest BCUT2D eigenvalue weighted by Gasteiger charge is -2.41. The quantitative estimate of drug-likeness (QED) is 0.590. The number of likely N-dealkylation sites (N-methyl/N-ethyl adjacent to an activating group) is 1. The summed E-state index contributed by atoms with van der Waals surface area (Å²) in [5, 5.41) is 10.7. The number of piperazine rings is 1. The maximum absolute atomic E-state index is 12.7. The first-order valence-corrected chi connectivity index (χ1v) is 9.39. The molecule has 1 saturated heterocycles. The van der Waals surface area contributed by atoms with E-state index in [1.165, 1.54) is 28.6 Å². The van der Waals surface area contributed by atoms with Crippen LogP contribution in [0.15, 0.2) is 53.6 Å². The highest BCUT2D eigenvalue weighted by atomic mass is 32.2. The van der Waals surface area contributed by atoms with Gasteiger partial charge in [0.1, 0.15) is 6.17 Å². The van der Waals surface area contributed by atoms with E-state index < -0.39 is 14.9 Å². The number of nitro groups is 1. The molecule has 0 N–H and O–H groups in total. The fourth-order valence-corrected chi connectivity index (χ4v) is 4.47. The summed E-state index contributed by atoms with van der Waals surface area (Å²) in [7, 11) is -1.64. The predicted molar refractivity (Wildman–Crippen MR) is 93.3 cm³/mol. The van der Waals surface area contributed by atoms with Crippen molar-refractivity contribution in [3.63, 3.8) is 0 Å². The first-order chi connectivity index (χ1) is 11.9. The molecule has 0 spiro atoms. The number of nitro benzene ring substituents is 1. The van der Waals surface area contributed by atoms with Crippen LogP contribution in [0.1, 0.15) is 0 Å². The van der Waals surface area contributed by atoms with Crippen LogP contribution in [-0.4, -0.2) is 66.8 Å². The molecule has 1 atom stereocenters. The van der Waals surface area contributed by atoms with E-state index in [-0.39, 0.29) is 16.7 Å². The van der Waals surface area contributed by atoms with Crippen molar-refractivity contribution in [2.45, 2.75) is 11.1 Å². The van der Waals surface area contributed by atoms with E-state index in [4.69, 9.17) is 0 Å². The van der Waals surface area contributed by atoms with Gasteiger partial charge in [-0.2, -0.15) is 4.31 Å². The van der Waals surface area contributed by atoms with Crippen LogP contribution in [0.3, 0.4) is 0 Å². The lowest BCUT2D eigenvalue weighted by molar-refractivity contribution is -0.384. The molecular weight excluding hydrogens is 344 g/mol. The molecule has 25 heavy (non-hydrogen) atoms. The minimum absolute atomic E-state index is 0.0872. The topological polar surface area (TPSA) is 87.0 Å². The Labute approximate surface area is 146 Å². The highest BCUT2D eigenvalue weighted by molar-refractivity contribution is 7.89. The number of nitrogens with zero attached hydrogens (tertiary/aromatic N) is 4. The average molecular weight is 364 g/mol. The molecular formula is C16H20N4O4S. The van der Waals surface area contributed by atoms with Gasteiger partial charge in [-0.15, -0.1) is 0 Å². The van der Waals surface area contributed by atoms with Crippen LogP contribution in [0.2, 0.25) is 0 Å². The Morgan fingerprint density at radius 1 is 1.08 bits per heavy atom. The zero-order chi connectivity index (χ0) is 18.0. The van der Waals surface area contributed by atoms with Gasteiger partial charge in [-0.05, 0) is 24.3 Å². The molecule has 9 heteroatoms. The standard InChI is InChI=1S/C16H20N4O4S/c1-17-9-3-2-4-16(17)18-10-12-19(13-11-18)25(23,24)15-7-5-14(6-8-15)20(21)22/h2-9,16H,10-13H2,1H3. The number of rotatable bonds is 4. The van der Waals surface area contributed by atoms with E-state index in [0.29, 0.717) is 26.2 Å². The summed E-state index contributed by atoms with van der Waals surface area (Å²) in [5.74, 6) is 0.